The zero-order chi connectivity index (χ0) is 11.1. The van der Waals surface area contributed by atoms with Gasteiger partial charge in [-0.25, -0.2) is 0 Å². The predicted molar refractivity (Wildman–Crippen MR) is 58.5 cm³/mol. The van der Waals surface area contributed by atoms with Gasteiger partial charge in [-0.15, -0.1) is 0 Å². The van der Waals surface area contributed by atoms with Crippen LogP contribution in [0.5, 0.6) is 0 Å². The second-order valence-corrected chi connectivity index (χ2v) is 5.11. The zero-order valence-corrected chi connectivity index (χ0v) is 9.36. The van der Waals surface area contributed by atoms with Gasteiger partial charge in [0.15, 0.2) is 0 Å². The molecule has 1 fully saturated rings. The number of carbonyl (C=O) groups is 1. The lowest BCUT2D eigenvalue weighted by Crippen LogP contribution is -2.50. The van der Waals surface area contributed by atoms with Crippen molar-refractivity contribution >= 4 is 5.97 Å². The minimum atomic E-state index is -0.0962. The van der Waals surface area contributed by atoms with Crippen molar-refractivity contribution in [3.05, 3.63) is 35.9 Å². The molecular weight excluding hydrogens is 188 g/mol. The van der Waals surface area contributed by atoms with Gasteiger partial charge < -0.3 is 4.74 Å². The van der Waals surface area contributed by atoms with E-state index in [0.29, 0.717) is 0 Å². The third kappa shape index (κ3) is 1.76. The molecule has 2 rings (SSSR count). The summed E-state index contributed by atoms with van der Waals surface area (Å²) in [5.74, 6) is -0.174. The van der Waals surface area contributed by atoms with Crippen LogP contribution in [-0.4, -0.2) is 12.1 Å². The maximum atomic E-state index is 11.5. The highest BCUT2D eigenvalue weighted by Gasteiger charge is 2.49. The average Bonchev–Trinajstić information content (AvgIpc) is 2.14. The summed E-state index contributed by atoms with van der Waals surface area (Å²) < 4.78 is 5.23. The molecule has 0 N–H and O–H groups in total. The van der Waals surface area contributed by atoms with Crippen molar-refractivity contribution in [3.63, 3.8) is 0 Å². The van der Waals surface area contributed by atoms with Crippen LogP contribution < -0.4 is 0 Å². The van der Waals surface area contributed by atoms with E-state index in [1.54, 1.807) is 0 Å². The molecule has 1 saturated heterocycles. The van der Waals surface area contributed by atoms with E-state index in [9.17, 15) is 4.79 Å². The van der Waals surface area contributed by atoms with E-state index in [2.05, 4.69) is 20.8 Å². The van der Waals surface area contributed by atoms with Gasteiger partial charge in [0.25, 0.3) is 0 Å². The van der Waals surface area contributed by atoms with Crippen LogP contribution in [0.4, 0.5) is 0 Å². The van der Waals surface area contributed by atoms with Crippen LogP contribution in [0.3, 0.4) is 0 Å². The van der Waals surface area contributed by atoms with Gasteiger partial charge in [-0.05, 0) is 5.56 Å². The van der Waals surface area contributed by atoms with Crippen LogP contribution in [0.15, 0.2) is 30.3 Å². The highest BCUT2D eigenvalue weighted by Crippen LogP contribution is 2.42. The fourth-order valence-corrected chi connectivity index (χ4v) is 1.97. The second-order valence-electron chi connectivity index (χ2n) is 5.11. The van der Waals surface area contributed by atoms with Gasteiger partial charge in [0, 0.05) is 5.41 Å². The van der Waals surface area contributed by atoms with E-state index in [1.165, 1.54) is 0 Å². The SMILES string of the molecule is CC(C)(C)[C@@H]1OC(=O)[C@H]1c1ccccc1. The predicted octanol–water partition coefficient (Wildman–Crippen LogP) is 2.74. The second kappa shape index (κ2) is 3.37. The van der Waals surface area contributed by atoms with Gasteiger partial charge in [-0.2, -0.15) is 0 Å². The molecule has 2 atom stereocenters. The first-order valence-electron chi connectivity index (χ1n) is 5.25. The molecule has 0 spiro atoms. The fraction of sp³-hybridized carbons (Fsp3) is 0.462. The van der Waals surface area contributed by atoms with Crippen LogP contribution in [0.1, 0.15) is 32.3 Å². The molecule has 1 aromatic carbocycles. The number of cyclic esters (lactones) is 1. The third-order valence-corrected chi connectivity index (χ3v) is 2.81. The van der Waals surface area contributed by atoms with Gasteiger partial charge in [-0.3, -0.25) is 4.79 Å². The van der Waals surface area contributed by atoms with E-state index < -0.39 is 0 Å². The Balaban J connectivity index is 2.25. The number of hydrogen-bond acceptors (Lipinski definition) is 2. The van der Waals surface area contributed by atoms with Crippen molar-refractivity contribution in [3.8, 4) is 0 Å². The Bertz CT molecular complexity index is 362. The van der Waals surface area contributed by atoms with E-state index in [-0.39, 0.29) is 23.4 Å². The van der Waals surface area contributed by atoms with Gasteiger partial charge in [0.05, 0.1) is 0 Å². The Morgan fingerprint density at radius 3 is 2.20 bits per heavy atom. The molecule has 1 aliphatic heterocycles. The lowest BCUT2D eigenvalue weighted by atomic mass is 9.75. The molecule has 0 aliphatic carbocycles. The molecule has 1 heterocycles. The maximum absolute atomic E-state index is 11.5. The molecular formula is C13H16O2. The van der Waals surface area contributed by atoms with Gasteiger partial charge in [-0.1, -0.05) is 51.1 Å². The molecule has 0 radical (unpaired) electrons. The smallest absolute Gasteiger partial charge is 0.317 e. The molecule has 1 aromatic rings. The molecule has 1 aliphatic rings. The highest BCUT2D eigenvalue weighted by atomic mass is 16.6. The Labute approximate surface area is 90.3 Å². The standard InChI is InChI=1S/C13H16O2/c1-13(2,3)11-10(12(14)15-11)9-7-5-4-6-8-9/h4-8,10-11H,1-3H3/t10-,11+/m0/s1. The number of hydrogen-bond donors (Lipinski definition) is 0. The topological polar surface area (TPSA) is 26.3 Å². The fourth-order valence-electron chi connectivity index (χ4n) is 1.97. The quantitative estimate of drug-likeness (QED) is 0.657. The maximum Gasteiger partial charge on any atom is 0.317 e. The van der Waals surface area contributed by atoms with Crippen LogP contribution in [0, 0.1) is 5.41 Å². The highest BCUT2D eigenvalue weighted by molar-refractivity contribution is 5.84. The molecule has 2 heteroatoms. The molecule has 2 nitrogen and oxygen atoms in total. The largest absolute Gasteiger partial charge is 0.460 e. The first-order valence-corrected chi connectivity index (χ1v) is 5.25. The van der Waals surface area contributed by atoms with E-state index in [4.69, 9.17) is 4.74 Å². The lowest BCUT2D eigenvalue weighted by Gasteiger charge is -2.43. The van der Waals surface area contributed by atoms with Crippen LogP contribution >= 0.6 is 0 Å². The number of ether oxygens (including phenoxy) is 1. The first-order chi connectivity index (χ1) is 7.00. The monoisotopic (exact) mass is 204 g/mol. The van der Waals surface area contributed by atoms with Crippen molar-refractivity contribution in [2.24, 2.45) is 5.41 Å². The molecule has 80 valence electrons. The zero-order valence-electron chi connectivity index (χ0n) is 9.36. The van der Waals surface area contributed by atoms with Gasteiger partial charge in [0.2, 0.25) is 0 Å². The Morgan fingerprint density at radius 1 is 1.13 bits per heavy atom. The Morgan fingerprint density at radius 2 is 1.73 bits per heavy atom. The minimum absolute atomic E-state index is 0.00685. The number of rotatable bonds is 1. The molecule has 0 bridgehead atoms. The number of esters is 1. The molecule has 0 unspecified atom stereocenters. The van der Waals surface area contributed by atoms with E-state index in [0.717, 1.165) is 5.56 Å². The third-order valence-electron chi connectivity index (χ3n) is 2.81. The van der Waals surface area contributed by atoms with Crippen molar-refractivity contribution < 1.29 is 9.53 Å². The van der Waals surface area contributed by atoms with E-state index in [1.807, 2.05) is 30.3 Å². The molecule has 0 amide bonds. The lowest BCUT2D eigenvalue weighted by molar-refractivity contribution is -0.187. The number of carbonyl (C=O) groups excluding carboxylic acids is 1. The van der Waals surface area contributed by atoms with Crippen molar-refractivity contribution in [1.29, 1.82) is 0 Å². The summed E-state index contributed by atoms with van der Waals surface area (Å²) in [7, 11) is 0. The summed E-state index contributed by atoms with van der Waals surface area (Å²) in [6, 6.07) is 9.86. The van der Waals surface area contributed by atoms with Crippen molar-refractivity contribution in [2.45, 2.75) is 32.8 Å². The van der Waals surface area contributed by atoms with Gasteiger partial charge in [0.1, 0.15) is 12.0 Å². The average molecular weight is 204 g/mol. The summed E-state index contributed by atoms with van der Waals surface area (Å²) in [4.78, 5) is 11.5. The van der Waals surface area contributed by atoms with Gasteiger partial charge >= 0.3 is 5.97 Å². The normalized spacial score (nSPS) is 25.7. The molecule has 15 heavy (non-hydrogen) atoms. The number of benzene rings is 1. The van der Waals surface area contributed by atoms with Crippen LogP contribution in [-0.2, 0) is 9.53 Å². The van der Waals surface area contributed by atoms with Crippen molar-refractivity contribution in [1.82, 2.24) is 0 Å². The van der Waals surface area contributed by atoms with Crippen LogP contribution in [0.2, 0.25) is 0 Å². The summed E-state index contributed by atoms with van der Waals surface area (Å²) in [6.45, 7) is 6.29. The first kappa shape index (κ1) is 10.2. The molecule has 0 aromatic heterocycles. The Kier molecular flexibility index (Phi) is 2.29. The summed E-state index contributed by atoms with van der Waals surface area (Å²) in [6.07, 6.45) is 0.00685. The van der Waals surface area contributed by atoms with E-state index >= 15 is 0 Å². The Hall–Kier alpha value is -1.31. The summed E-state index contributed by atoms with van der Waals surface area (Å²) in [5.41, 5.74) is 1.07. The summed E-state index contributed by atoms with van der Waals surface area (Å²) in [5, 5.41) is 0. The molecule has 0 saturated carbocycles. The minimum Gasteiger partial charge on any atom is -0.460 e. The summed E-state index contributed by atoms with van der Waals surface area (Å²) >= 11 is 0. The van der Waals surface area contributed by atoms with Crippen molar-refractivity contribution in [2.75, 3.05) is 0 Å². The van der Waals surface area contributed by atoms with Crippen LogP contribution in [0.25, 0.3) is 0 Å².